The zero-order valence-electron chi connectivity index (χ0n) is 12.6. The molecule has 1 unspecified atom stereocenters. The lowest BCUT2D eigenvalue weighted by molar-refractivity contribution is 0.0127. The molecule has 6 nitrogen and oxygen atoms in total. The molecule has 2 aromatic heterocycles. The van der Waals surface area contributed by atoms with Crippen LogP contribution in [0.15, 0.2) is 41.1 Å². The minimum absolute atomic E-state index is 0.114. The summed E-state index contributed by atoms with van der Waals surface area (Å²) >= 11 is 0. The van der Waals surface area contributed by atoms with Gasteiger partial charge in [-0.25, -0.2) is 4.98 Å². The van der Waals surface area contributed by atoms with Crippen molar-refractivity contribution >= 4 is 17.5 Å². The summed E-state index contributed by atoms with van der Waals surface area (Å²) in [6.07, 6.45) is 4.24. The molecule has 1 aromatic carbocycles. The van der Waals surface area contributed by atoms with Gasteiger partial charge in [0.2, 0.25) is 5.89 Å². The molecular weight excluding hydrogens is 316 g/mol. The van der Waals surface area contributed by atoms with Gasteiger partial charge in [0, 0.05) is 12.5 Å². The van der Waals surface area contributed by atoms with E-state index in [1.165, 1.54) is 11.0 Å². The second kappa shape index (κ2) is 4.98. The molecule has 1 aliphatic rings. The quantitative estimate of drug-likeness (QED) is 0.798. The van der Waals surface area contributed by atoms with Crippen molar-refractivity contribution < 1.29 is 13.2 Å². The van der Waals surface area contributed by atoms with Crippen molar-refractivity contribution in [3.63, 3.8) is 0 Å². The number of hydrogen-bond donors (Lipinski definition) is 1. The number of nitrogen functional groups attached to an aromatic ring is 1. The normalized spacial score (nSPS) is 17.0. The largest absolute Gasteiger partial charge is 0.444 e. The van der Waals surface area contributed by atoms with E-state index in [0.717, 1.165) is 24.3 Å². The predicted molar refractivity (Wildman–Crippen MR) is 83.0 cm³/mol. The first-order valence-electron chi connectivity index (χ1n) is 7.25. The maximum absolute atomic E-state index is 13.5. The Balaban J connectivity index is 1.83. The zero-order chi connectivity index (χ0) is 16.9. The molecule has 0 spiro atoms. The molecule has 0 fully saturated rings. The Morgan fingerprint density at radius 2 is 2.08 bits per heavy atom. The number of anilines is 1. The number of allylic oxidation sites excluding steroid dienone is 1. The summed E-state index contributed by atoms with van der Waals surface area (Å²) in [6.45, 7) is 0.777. The maximum atomic E-state index is 13.5. The number of halogens is 2. The van der Waals surface area contributed by atoms with Gasteiger partial charge in [-0.3, -0.25) is 0 Å². The van der Waals surface area contributed by atoms with Crippen LogP contribution in [0.2, 0.25) is 0 Å². The highest BCUT2D eigenvalue weighted by Gasteiger charge is 2.35. The summed E-state index contributed by atoms with van der Waals surface area (Å²) in [7, 11) is 0. The van der Waals surface area contributed by atoms with E-state index < -0.39 is 17.7 Å². The molecule has 2 N–H and O–H groups in total. The summed E-state index contributed by atoms with van der Waals surface area (Å²) in [4.78, 5) is 5.38. The van der Waals surface area contributed by atoms with Crippen LogP contribution in [0.4, 0.5) is 14.6 Å². The second-order valence-electron chi connectivity index (χ2n) is 5.65. The van der Waals surface area contributed by atoms with E-state index in [1.54, 1.807) is 0 Å². The van der Waals surface area contributed by atoms with Crippen molar-refractivity contribution in [1.82, 2.24) is 20.0 Å². The van der Waals surface area contributed by atoms with Gasteiger partial charge in [-0.05, 0) is 17.2 Å². The van der Waals surface area contributed by atoms with Crippen LogP contribution in [0.3, 0.4) is 0 Å². The average Bonchev–Trinajstić information content (AvgIpc) is 3.22. The lowest BCUT2D eigenvalue weighted by atomic mass is 10.0. The Kier molecular flexibility index (Phi) is 3.02. The molecular formula is C16H13F2N5O. The number of hydrogen-bond acceptors (Lipinski definition) is 5. The first-order chi connectivity index (χ1) is 11.4. The molecule has 0 bridgehead atoms. The van der Waals surface area contributed by atoms with Gasteiger partial charge >= 0.3 is 0 Å². The standard InChI is InChI=1S/C16H13F2N5O/c1-16(17,18)12-8-24-15(21-12)11-6-9-4-2-3-5-10(9)14(11)23-20-7-13(19)22-23/h2-8,14H,1H3,(H2,19,22). The van der Waals surface area contributed by atoms with Crippen LogP contribution in [0.1, 0.15) is 35.7 Å². The van der Waals surface area contributed by atoms with Crippen LogP contribution in [-0.4, -0.2) is 20.0 Å². The van der Waals surface area contributed by atoms with Crippen molar-refractivity contribution in [3.8, 4) is 0 Å². The fourth-order valence-electron chi connectivity index (χ4n) is 2.75. The maximum Gasteiger partial charge on any atom is 0.290 e. The Bertz CT molecular complexity index is 938. The lowest BCUT2D eigenvalue weighted by Crippen LogP contribution is -2.14. The fourth-order valence-corrected chi connectivity index (χ4v) is 2.75. The summed E-state index contributed by atoms with van der Waals surface area (Å²) in [5.74, 6) is -2.69. The Hall–Kier alpha value is -3.03. The highest BCUT2D eigenvalue weighted by molar-refractivity contribution is 5.88. The Labute approximate surface area is 135 Å². The molecule has 8 heteroatoms. The summed E-state index contributed by atoms with van der Waals surface area (Å²) < 4.78 is 32.2. The monoisotopic (exact) mass is 329 g/mol. The smallest absolute Gasteiger partial charge is 0.290 e. The van der Waals surface area contributed by atoms with Gasteiger partial charge in [0.15, 0.2) is 5.82 Å². The van der Waals surface area contributed by atoms with Crippen LogP contribution in [0.25, 0.3) is 11.6 Å². The Morgan fingerprint density at radius 1 is 1.29 bits per heavy atom. The van der Waals surface area contributed by atoms with Gasteiger partial charge in [0.25, 0.3) is 5.92 Å². The first kappa shape index (κ1) is 14.6. The van der Waals surface area contributed by atoms with Gasteiger partial charge in [0.1, 0.15) is 18.0 Å². The number of benzene rings is 1. The van der Waals surface area contributed by atoms with E-state index in [9.17, 15) is 8.78 Å². The van der Waals surface area contributed by atoms with Crippen molar-refractivity contribution in [2.45, 2.75) is 18.9 Å². The summed E-state index contributed by atoms with van der Waals surface area (Å²) in [6, 6.07) is 7.18. The van der Waals surface area contributed by atoms with Crippen LogP contribution < -0.4 is 5.73 Å². The first-order valence-corrected chi connectivity index (χ1v) is 7.25. The molecule has 0 radical (unpaired) electrons. The van der Waals surface area contributed by atoms with E-state index in [0.29, 0.717) is 5.57 Å². The third-order valence-electron chi connectivity index (χ3n) is 3.85. The van der Waals surface area contributed by atoms with Gasteiger partial charge in [-0.2, -0.15) is 18.7 Å². The summed E-state index contributed by atoms with van der Waals surface area (Å²) in [5, 5.41) is 8.30. The number of alkyl halides is 2. The SMILES string of the molecule is CC(F)(F)c1coc(C2=Cc3ccccc3C2n2ncc(N)n2)n1. The van der Waals surface area contributed by atoms with Crippen molar-refractivity contribution in [3.05, 3.63) is 59.4 Å². The van der Waals surface area contributed by atoms with Crippen molar-refractivity contribution in [2.75, 3.05) is 5.73 Å². The predicted octanol–water partition coefficient (Wildman–Crippen LogP) is 3.10. The van der Waals surface area contributed by atoms with Gasteiger partial charge < -0.3 is 10.2 Å². The molecule has 4 rings (SSSR count). The molecule has 24 heavy (non-hydrogen) atoms. The van der Waals surface area contributed by atoms with E-state index in [2.05, 4.69) is 15.2 Å². The molecule has 122 valence electrons. The average molecular weight is 329 g/mol. The van der Waals surface area contributed by atoms with Gasteiger partial charge in [-0.1, -0.05) is 24.3 Å². The number of oxazole rings is 1. The van der Waals surface area contributed by atoms with Gasteiger partial charge in [0.05, 0.1) is 6.20 Å². The van der Waals surface area contributed by atoms with E-state index in [-0.39, 0.29) is 11.7 Å². The highest BCUT2D eigenvalue weighted by atomic mass is 19.3. The lowest BCUT2D eigenvalue weighted by Gasteiger charge is -2.14. The minimum atomic E-state index is -3.07. The number of fused-ring (bicyclic) bond motifs is 1. The molecule has 0 aliphatic heterocycles. The molecule has 3 aromatic rings. The highest BCUT2D eigenvalue weighted by Crippen LogP contribution is 2.42. The zero-order valence-corrected chi connectivity index (χ0v) is 12.6. The molecule has 0 saturated heterocycles. The second-order valence-corrected chi connectivity index (χ2v) is 5.65. The van der Waals surface area contributed by atoms with E-state index in [4.69, 9.17) is 10.2 Å². The minimum Gasteiger partial charge on any atom is -0.444 e. The van der Waals surface area contributed by atoms with Gasteiger partial charge in [-0.15, -0.1) is 5.10 Å². The Morgan fingerprint density at radius 3 is 2.75 bits per heavy atom. The molecule has 1 aliphatic carbocycles. The number of nitrogens with zero attached hydrogens (tertiary/aromatic N) is 4. The number of aromatic nitrogens is 4. The van der Waals surface area contributed by atoms with E-state index in [1.807, 2.05) is 30.3 Å². The van der Waals surface area contributed by atoms with Crippen LogP contribution >= 0.6 is 0 Å². The molecule has 0 saturated carbocycles. The van der Waals surface area contributed by atoms with Crippen molar-refractivity contribution in [1.29, 1.82) is 0 Å². The molecule has 1 atom stereocenters. The number of nitrogens with two attached hydrogens (primary N) is 1. The third-order valence-corrected chi connectivity index (χ3v) is 3.85. The molecule has 0 amide bonds. The number of rotatable bonds is 3. The third kappa shape index (κ3) is 2.27. The van der Waals surface area contributed by atoms with Crippen LogP contribution in [-0.2, 0) is 5.92 Å². The van der Waals surface area contributed by atoms with E-state index >= 15 is 0 Å². The van der Waals surface area contributed by atoms with Crippen molar-refractivity contribution in [2.24, 2.45) is 0 Å². The van der Waals surface area contributed by atoms with Crippen LogP contribution in [0, 0.1) is 0 Å². The fraction of sp³-hybridized carbons (Fsp3) is 0.188. The topological polar surface area (TPSA) is 82.8 Å². The summed E-state index contributed by atoms with van der Waals surface area (Å²) in [5.41, 5.74) is 7.69. The molecule has 2 heterocycles. The van der Waals surface area contributed by atoms with Crippen LogP contribution in [0.5, 0.6) is 0 Å².